The number of rotatable bonds is 5. The lowest BCUT2D eigenvalue weighted by molar-refractivity contribution is -0.885. The van der Waals surface area contributed by atoms with Crippen molar-refractivity contribution in [1.82, 2.24) is 0 Å². The number of carbonyl (C=O) groups is 1. The van der Waals surface area contributed by atoms with Crippen LogP contribution in [0, 0.1) is 5.82 Å². The van der Waals surface area contributed by atoms with Crippen molar-refractivity contribution in [2.75, 3.05) is 18.9 Å². The van der Waals surface area contributed by atoms with Crippen LogP contribution in [0.2, 0.25) is 5.02 Å². The topological polar surface area (TPSA) is 33.5 Å². The number of hydrogen-bond acceptors (Lipinski definition) is 1. The van der Waals surface area contributed by atoms with Crippen LogP contribution in [0.5, 0.6) is 0 Å². The maximum atomic E-state index is 12.8. The predicted molar refractivity (Wildman–Crippen MR) is 81.9 cm³/mol. The minimum absolute atomic E-state index is 0.110. The average molecular weight is 308 g/mol. The summed E-state index contributed by atoms with van der Waals surface area (Å²) in [4.78, 5) is 13.0. The van der Waals surface area contributed by atoms with Gasteiger partial charge in [0.1, 0.15) is 12.4 Å². The smallest absolute Gasteiger partial charge is 0.279 e. The van der Waals surface area contributed by atoms with Gasteiger partial charge in [-0.3, -0.25) is 4.79 Å². The first-order valence-corrected chi connectivity index (χ1v) is 7.02. The molecule has 0 heterocycles. The van der Waals surface area contributed by atoms with Crippen molar-refractivity contribution in [3.05, 3.63) is 64.9 Å². The molecule has 0 spiro atoms. The first-order chi connectivity index (χ1) is 10.0. The number of halogens is 2. The molecule has 5 heteroatoms. The number of carbonyl (C=O) groups excluding carboxylic acids is 1. The fraction of sp³-hybridized carbons (Fsp3) is 0.188. The van der Waals surface area contributed by atoms with Gasteiger partial charge >= 0.3 is 0 Å². The van der Waals surface area contributed by atoms with Crippen LogP contribution < -0.4 is 10.2 Å². The van der Waals surface area contributed by atoms with Gasteiger partial charge in [0, 0.05) is 16.3 Å². The quantitative estimate of drug-likeness (QED) is 0.872. The van der Waals surface area contributed by atoms with Gasteiger partial charge < -0.3 is 10.2 Å². The summed E-state index contributed by atoms with van der Waals surface area (Å²) in [5, 5.41) is 3.44. The largest absolute Gasteiger partial charge is 0.326 e. The standard InChI is InChI=1S/C16H16ClFN2O/c1-20(10-12-3-2-4-13(17)9-12)11-16(21)19-15-7-5-14(18)6-8-15/h2-9H,10-11H2,1H3,(H,19,21)/p+1. The summed E-state index contributed by atoms with van der Waals surface area (Å²) in [7, 11) is 1.94. The zero-order chi connectivity index (χ0) is 15.2. The Morgan fingerprint density at radius 2 is 1.95 bits per heavy atom. The molecule has 3 nitrogen and oxygen atoms in total. The van der Waals surface area contributed by atoms with Crippen molar-refractivity contribution in [2.45, 2.75) is 6.54 Å². The van der Waals surface area contributed by atoms with Gasteiger partial charge in [0.15, 0.2) is 6.54 Å². The van der Waals surface area contributed by atoms with Crippen LogP contribution in [0.15, 0.2) is 48.5 Å². The number of likely N-dealkylation sites (N-methyl/N-ethyl adjacent to an activating group) is 1. The normalized spacial score (nSPS) is 12.0. The van der Waals surface area contributed by atoms with Gasteiger partial charge in [-0.05, 0) is 36.4 Å². The summed E-state index contributed by atoms with van der Waals surface area (Å²) in [5.74, 6) is -0.433. The Bertz CT molecular complexity index is 616. The molecular formula is C16H17ClFN2O+. The third-order valence-corrected chi connectivity index (χ3v) is 3.22. The maximum absolute atomic E-state index is 12.8. The van der Waals surface area contributed by atoms with Gasteiger partial charge in [0.05, 0.1) is 7.05 Å². The number of amides is 1. The highest BCUT2D eigenvalue weighted by molar-refractivity contribution is 6.30. The highest BCUT2D eigenvalue weighted by atomic mass is 35.5. The van der Waals surface area contributed by atoms with Gasteiger partial charge in [-0.25, -0.2) is 4.39 Å². The summed E-state index contributed by atoms with van der Waals surface area (Å²) in [6.45, 7) is 1.03. The Labute approximate surface area is 128 Å². The fourth-order valence-electron chi connectivity index (χ4n) is 2.07. The molecule has 0 saturated carbocycles. The zero-order valence-electron chi connectivity index (χ0n) is 11.7. The van der Waals surface area contributed by atoms with Gasteiger partial charge in [-0.1, -0.05) is 23.7 Å². The summed E-state index contributed by atoms with van der Waals surface area (Å²) in [6.07, 6.45) is 0. The Morgan fingerprint density at radius 1 is 1.24 bits per heavy atom. The molecular weight excluding hydrogens is 291 g/mol. The second-order valence-corrected chi connectivity index (χ2v) is 5.43. The number of benzene rings is 2. The SMILES string of the molecule is C[NH+](CC(=O)Nc1ccc(F)cc1)Cc1cccc(Cl)c1. The summed E-state index contributed by atoms with van der Waals surface area (Å²) in [5.41, 5.74) is 1.67. The fourth-order valence-corrected chi connectivity index (χ4v) is 2.28. The van der Waals surface area contributed by atoms with E-state index in [2.05, 4.69) is 5.32 Å². The maximum Gasteiger partial charge on any atom is 0.279 e. The molecule has 110 valence electrons. The molecule has 1 unspecified atom stereocenters. The molecule has 0 fully saturated rings. The molecule has 2 N–H and O–H groups in total. The third-order valence-electron chi connectivity index (χ3n) is 2.99. The second kappa shape index (κ2) is 7.20. The van der Waals surface area contributed by atoms with Crippen molar-refractivity contribution in [2.24, 2.45) is 0 Å². The van der Waals surface area contributed by atoms with Gasteiger partial charge in [-0.2, -0.15) is 0 Å². The molecule has 0 aliphatic rings. The van der Waals surface area contributed by atoms with Crippen LogP contribution >= 0.6 is 11.6 Å². The van der Waals surface area contributed by atoms with Crippen LogP contribution in [0.1, 0.15) is 5.56 Å². The van der Waals surface area contributed by atoms with E-state index in [0.717, 1.165) is 10.5 Å². The number of quaternary nitrogens is 1. The van der Waals surface area contributed by atoms with Crippen LogP contribution in [0.25, 0.3) is 0 Å². The van der Waals surface area contributed by atoms with Crippen LogP contribution in [0.4, 0.5) is 10.1 Å². The Kier molecular flexibility index (Phi) is 5.31. The van der Waals surface area contributed by atoms with E-state index in [4.69, 9.17) is 11.6 Å². The molecule has 2 aromatic rings. The molecule has 2 aromatic carbocycles. The van der Waals surface area contributed by atoms with E-state index in [-0.39, 0.29) is 11.7 Å². The molecule has 0 aromatic heterocycles. The van der Waals surface area contributed by atoms with E-state index in [1.165, 1.54) is 12.1 Å². The van der Waals surface area contributed by atoms with Crippen LogP contribution in [0.3, 0.4) is 0 Å². The first kappa shape index (κ1) is 15.5. The monoisotopic (exact) mass is 307 g/mol. The zero-order valence-corrected chi connectivity index (χ0v) is 12.5. The molecule has 0 bridgehead atoms. The number of hydrogen-bond donors (Lipinski definition) is 2. The van der Waals surface area contributed by atoms with Gasteiger partial charge in [0.25, 0.3) is 5.91 Å². The van der Waals surface area contributed by atoms with Crippen molar-refractivity contribution in [1.29, 1.82) is 0 Å². The molecule has 0 aliphatic heterocycles. The van der Waals surface area contributed by atoms with E-state index >= 15 is 0 Å². The lowest BCUT2D eigenvalue weighted by atomic mass is 10.2. The number of nitrogens with one attached hydrogen (secondary N) is 2. The van der Waals surface area contributed by atoms with E-state index in [1.54, 1.807) is 12.1 Å². The predicted octanol–water partition coefficient (Wildman–Crippen LogP) is 2.13. The molecule has 21 heavy (non-hydrogen) atoms. The van der Waals surface area contributed by atoms with Crippen molar-refractivity contribution < 1.29 is 14.1 Å². The lowest BCUT2D eigenvalue weighted by Gasteiger charge is -2.14. The first-order valence-electron chi connectivity index (χ1n) is 6.64. The third kappa shape index (κ3) is 5.17. The molecule has 1 atom stereocenters. The Balaban J connectivity index is 1.86. The van der Waals surface area contributed by atoms with Crippen LogP contribution in [-0.2, 0) is 11.3 Å². The van der Waals surface area contributed by atoms with E-state index in [1.807, 2.05) is 31.3 Å². The van der Waals surface area contributed by atoms with Gasteiger partial charge in [-0.15, -0.1) is 0 Å². The molecule has 0 radical (unpaired) electrons. The van der Waals surface area contributed by atoms with E-state index in [9.17, 15) is 9.18 Å². The van der Waals surface area contributed by atoms with Crippen LogP contribution in [-0.4, -0.2) is 19.5 Å². The van der Waals surface area contributed by atoms with Crippen molar-refractivity contribution >= 4 is 23.2 Å². The second-order valence-electron chi connectivity index (χ2n) is 5.00. The minimum atomic E-state index is -0.323. The molecule has 1 amide bonds. The number of anilines is 1. The summed E-state index contributed by atoms with van der Waals surface area (Å²) >= 11 is 5.93. The lowest BCUT2D eigenvalue weighted by Crippen LogP contribution is -3.08. The molecule has 2 rings (SSSR count). The molecule has 0 aliphatic carbocycles. The summed E-state index contributed by atoms with van der Waals surface area (Å²) < 4.78 is 12.8. The Hall–Kier alpha value is -1.91. The van der Waals surface area contributed by atoms with E-state index in [0.29, 0.717) is 23.8 Å². The van der Waals surface area contributed by atoms with Crippen molar-refractivity contribution in [3.63, 3.8) is 0 Å². The van der Waals surface area contributed by atoms with Crippen molar-refractivity contribution in [3.8, 4) is 0 Å². The molecule has 0 saturated heterocycles. The minimum Gasteiger partial charge on any atom is -0.326 e. The average Bonchev–Trinajstić information content (AvgIpc) is 2.41. The highest BCUT2D eigenvalue weighted by Gasteiger charge is 2.11. The summed E-state index contributed by atoms with van der Waals surface area (Å²) in [6, 6.07) is 13.3. The van der Waals surface area contributed by atoms with E-state index < -0.39 is 0 Å². The Morgan fingerprint density at radius 3 is 2.62 bits per heavy atom. The highest BCUT2D eigenvalue weighted by Crippen LogP contribution is 2.09. The van der Waals surface area contributed by atoms with Gasteiger partial charge in [0.2, 0.25) is 0 Å².